The molecule has 5 nitrogen and oxygen atoms in total. The van der Waals surface area contributed by atoms with Gasteiger partial charge < -0.3 is 4.90 Å². The maximum Gasteiger partial charge on any atom is 0.215 e. The summed E-state index contributed by atoms with van der Waals surface area (Å²) in [5, 5.41) is 8.70. The summed E-state index contributed by atoms with van der Waals surface area (Å²) in [6, 6.07) is 8.65. The van der Waals surface area contributed by atoms with Crippen molar-refractivity contribution in [2.24, 2.45) is 5.92 Å². The SMILES string of the molecule is CN1CCC(CNS(=O)(=O)Cc2ccc(C#N)cc2)C1. The predicted octanol–water partition coefficient (Wildman–Crippen LogP) is 0.929. The van der Waals surface area contributed by atoms with Crippen molar-refractivity contribution in [1.82, 2.24) is 9.62 Å². The molecular formula is C14H19N3O2S. The van der Waals surface area contributed by atoms with E-state index in [2.05, 4.69) is 9.62 Å². The van der Waals surface area contributed by atoms with Crippen molar-refractivity contribution in [2.45, 2.75) is 12.2 Å². The molecule has 1 saturated heterocycles. The topological polar surface area (TPSA) is 73.2 Å². The molecule has 0 radical (unpaired) electrons. The molecule has 1 aliphatic heterocycles. The van der Waals surface area contributed by atoms with Crippen molar-refractivity contribution in [3.05, 3.63) is 35.4 Å². The Kier molecular flexibility index (Phi) is 4.76. The van der Waals surface area contributed by atoms with E-state index in [1.165, 1.54) is 0 Å². The molecule has 1 aromatic rings. The molecule has 0 aliphatic carbocycles. The highest BCUT2D eigenvalue weighted by molar-refractivity contribution is 7.88. The number of benzene rings is 1. The van der Waals surface area contributed by atoms with Crippen LogP contribution in [0.15, 0.2) is 24.3 Å². The van der Waals surface area contributed by atoms with Crippen molar-refractivity contribution in [2.75, 3.05) is 26.7 Å². The second-order valence-corrected chi connectivity index (χ2v) is 7.14. The summed E-state index contributed by atoms with van der Waals surface area (Å²) in [4.78, 5) is 2.21. The monoisotopic (exact) mass is 293 g/mol. The fraction of sp³-hybridized carbons (Fsp3) is 0.500. The Morgan fingerprint density at radius 2 is 2.10 bits per heavy atom. The molecule has 20 heavy (non-hydrogen) atoms. The van der Waals surface area contributed by atoms with Crippen LogP contribution in [0.5, 0.6) is 0 Å². The van der Waals surface area contributed by atoms with Crippen LogP contribution in [-0.2, 0) is 15.8 Å². The molecule has 1 heterocycles. The zero-order chi connectivity index (χ0) is 14.6. The van der Waals surface area contributed by atoms with Crippen molar-refractivity contribution in [1.29, 1.82) is 5.26 Å². The Morgan fingerprint density at radius 3 is 2.65 bits per heavy atom. The number of hydrogen-bond acceptors (Lipinski definition) is 4. The van der Waals surface area contributed by atoms with E-state index in [4.69, 9.17) is 5.26 Å². The minimum absolute atomic E-state index is 0.0404. The molecule has 1 fully saturated rings. The second-order valence-electron chi connectivity index (χ2n) is 5.33. The number of likely N-dealkylation sites (tertiary alicyclic amines) is 1. The van der Waals surface area contributed by atoms with Crippen molar-refractivity contribution in [3.8, 4) is 6.07 Å². The third-order valence-electron chi connectivity index (χ3n) is 3.52. The molecule has 1 atom stereocenters. The van der Waals surface area contributed by atoms with Gasteiger partial charge in [0.2, 0.25) is 10.0 Å². The molecule has 0 amide bonds. The van der Waals surface area contributed by atoms with E-state index in [0.29, 0.717) is 23.6 Å². The minimum atomic E-state index is -3.31. The average molecular weight is 293 g/mol. The molecule has 0 spiro atoms. The number of hydrogen-bond donors (Lipinski definition) is 1. The quantitative estimate of drug-likeness (QED) is 0.876. The molecule has 1 N–H and O–H groups in total. The first-order valence-electron chi connectivity index (χ1n) is 6.63. The van der Waals surface area contributed by atoms with Crippen LogP contribution in [-0.4, -0.2) is 40.0 Å². The second kappa shape index (κ2) is 6.35. The van der Waals surface area contributed by atoms with Crippen molar-refractivity contribution in [3.63, 3.8) is 0 Å². The largest absolute Gasteiger partial charge is 0.306 e. The molecule has 108 valence electrons. The standard InChI is InChI=1S/C14H19N3O2S/c1-17-7-6-14(10-17)9-16-20(18,19)11-13-4-2-12(8-15)3-5-13/h2-5,14,16H,6-7,9-11H2,1H3. The fourth-order valence-electron chi connectivity index (χ4n) is 2.38. The summed E-state index contributed by atoms with van der Waals surface area (Å²) in [6.07, 6.45) is 1.04. The predicted molar refractivity (Wildman–Crippen MR) is 77.4 cm³/mol. The van der Waals surface area contributed by atoms with Gasteiger partial charge in [0.1, 0.15) is 0 Å². The van der Waals surface area contributed by atoms with Gasteiger partial charge in [-0.05, 0) is 43.6 Å². The van der Waals surface area contributed by atoms with Gasteiger partial charge in [-0.15, -0.1) is 0 Å². The maximum atomic E-state index is 12.0. The van der Waals surface area contributed by atoms with Crippen LogP contribution in [0.1, 0.15) is 17.5 Å². The van der Waals surface area contributed by atoms with Gasteiger partial charge in [0, 0.05) is 13.1 Å². The normalized spacial score (nSPS) is 19.9. The van der Waals surface area contributed by atoms with Gasteiger partial charge in [0.25, 0.3) is 0 Å². The lowest BCUT2D eigenvalue weighted by Gasteiger charge is -2.12. The van der Waals surface area contributed by atoms with Crippen molar-refractivity contribution < 1.29 is 8.42 Å². The summed E-state index contributed by atoms with van der Waals surface area (Å²) in [6.45, 7) is 2.48. The van der Waals surface area contributed by atoms with Crippen molar-refractivity contribution >= 4 is 10.0 Å². The number of rotatable bonds is 5. The molecule has 1 unspecified atom stereocenters. The first-order valence-corrected chi connectivity index (χ1v) is 8.28. The highest BCUT2D eigenvalue weighted by Crippen LogP contribution is 2.14. The van der Waals surface area contributed by atoms with E-state index in [9.17, 15) is 8.42 Å². The summed E-state index contributed by atoms with van der Waals surface area (Å²) >= 11 is 0. The molecular weight excluding hydrogens is 274 g/mol. The lowest BCUT2D eigenvalue weighted by molar-refractivity contribution is 0.394. The lowest BCUT2D eigenvalue weighted by atomic mass is 10.1. The van der Waals surface area contributed by atoms with Gasteiger partial charge in [0.15, 0.2) is 0 Å². The van der Waals surface area contributed by atoms with Crippen LogP contribution >= 0.6 is 0 Å². The number of nitrogens with one attached hydrogen (secondary N) is 1. The van der Waals surface area contributed by atoms with Crippen LogP contribution < -0.4 is 4.72 Å². The minimum Gasteiger partial charge on any atom is -0.306 e. The van der Waals surface area contributed by atoms with Gasteiger partial charge in [-0.3, -0.25) is 0 Å². The molecule has 0 bridgehead atoms. The average Bonchev–Trinajstić information content (AvgIpc) is 2.83. The van der Waals surface area contributed by atoms with E-state index in [1.54, 1.807) is 24.3 Å². The summed E-state index contributed by atoms with van der Waals surface area (Å²) in [7, 11) is -1.26. The Hall–Kier alpha value is -1.42. The highest BCUT2D eigenvalue weighted by Gasteiger charge is 2.21. The summed E-state index contributed by atoms with van der Waals surface area (Å²) in [5.74, 6) is 0.358. The van der Waals surface area contributed by atoms with Gasteiger partial charge >= 0.3 is 0 Å². The smallest absolute Gasteiger partial charge is 0.215 e. The van der Waals surface area contributed by atoms with Crippen LogP contribution in [0.3, 0.4) is 0 Å². The van der Waals surface area contributed by atoms with E-state index < -0.39 is 10.0 Å². The summed E-state index contributed by atoms with van der Waals surface area (Å²) in [5.41, 5.74) is 1.23. The maximum absolute atomic E-state index is 12.0. The van der Waals surface area contributed by atoms with Gasteiger partial charge in [-0.2, -0.15) is 5.26 Å². The van der Waals surface area contributed by atoms with E-state index in [-0.39, 0.29) is 5.75 Å². The molecule has 6 heteroatoms. The Labute approximate surface area is 120 Å². The third kappa shape index (κ3) is 4.30. The molecule has 1 aromatic carbocycles. The van der Waals surface area contributed by atoms with Gasteiger partial charge in [-0.1, -0.05) is 12.1 Å². The van der Waals surface area contributed by atoms with Crippen LogP contribution in [0.2, 0.25) is 0 Å². The third-order valence-corrected chi connectivity index (χ3v) is 4.84. The fourth-order valence-corrected chi connectivity index (χ4v) is 3.61. The number of nitrogens with zero attached hydrogens (tertiary/aromatic N) is 2. The zero-order valence-electron chi connectivity index (χ0n) is 11.5. The highest BCUT2D eigenvalue weighted by atomic mass is 32.2. The lowest BCUT2D eigenvalue weighted by Crippen LogP contribution is -2.31. The van der Waals surface area contributed by atoms with E-state index in [0.717, 1.165) is 19.5 Å². The Balaban J connectivity index is 1.88. The molecule has 0 aromatic heterocycles. The Bertz CT molecular complexity index is 590. The number of sulfonamides is 1. The summed E-state index contributed by atoms with van der Waals surface area (Å²) < 4.78 is 26.7. The Morgan fingerprint density at radius 1 is 1.40 bits per heavy atom. The first kappa shape index (κ1) is 15.0. The van der Waals surface area contributed by atoms with Crippen LogP contribution in [0.4, 0.5) is 0 Å². The first-order chi connectivity index (χ1) is 9.48. The number of nitriles is 1. The van der Waals surface area contributed by atoms with Crippen LogP contribution in [0.25, 0.3) is 0 Å². The molecule has 0 saturated carbocycles. The van der Waals surface area contributed by atoms with Gasteiger partial charge in [-0.25, -0.2) is 13.1 Å². The van der Waals surface area contributed by atoms with Crippen LogP contribution in [0, 0.1) is 17.2 Å². The van der Waals surface area contributed by atoms with E-state index >= 15 is 0 Å². The molecule has 2 rings (SSSR count). The van der Waals surface area contributed by atoms with Gasteiger partial charge in [0.05, 0.1) is 17.4 Å². The van der Waals surface area contributed by atoms with E-state index in [1.807, 2.05) is 13.1 Å². The molecule has 1 aliphatic rings. The zero-order valence-corrected chi connectivity index (χ0v) is 12.4.